The third-order valence-electron chi connectivity index (χ3n) is 2.49. The number of halogens is 2. The number of carbonyl (C=O) groups is 1. The molecule has 0 bridgehead atoms. The van der Waals surface area contributed by atoms with Gasteiger partial charge in [0.2, 0.25) is 0 Å². The highest BCUT2D eigenvalue weighted by molar-refractivity contribution is 7.10. The highest BCUT2D eigenvalue weighted by atomic mass is 32.1. The lowest BCUT2D eigenvalue weighted by Gasteiger charge is -2.12. The van der Waals surface area contributed by atoms with Gasteiger partial charge in [-0.05, 0) is 30.5 Å². The Hall–Kier alpha value is -1.75. The highest BCUT2D eigenvalue weighted by Crippen LogP contribution is 2.19. The summed E-state index contributed by atoms with van der Waals surface area (Å²) in [5.41, 5.74) is -0.153. The molecule has 2 nitrogen and oxygen atoms in total. The molecular weight excluding hydrogens is 256 g/mol. The minimum atomic E-state index is -0.856. The first-order valence-electron chi connectivity index (χ1n) is 5.37. The van der Waals surface area contributed by atoms with Crippen LogP contribution in [0.1, 0.15) is 28.2 Å². The molecule has 0 fully saturated rings. The van der Waals surface area contributed by atoms with E-state index in [9.17, 15) is 13.6 Å². The number of carbonyl (C=O) groups excluding carboxylic acids is 1. The summed E-state index contributed by atoms with van der Waals surface area (Å²) >= 11 is 1.51. The van der Waals surface area contributed by atoms with E-state index in [0.29, 0.717) is 6.07 Å². The Morgan fingerprint density at radius 3 is 2.72 bits per heavy atom. The summed E-state index contributed by atoms with van der Waals surface area (Å²) in [5.74, 6) is -2.10. The molecule has 1 aromatic carbocycles. The number of benzene rings is 1. The van der Waals surface area contributed by atoms with Crippen molar-refractivity contribution >= 4 is 17.2 Å². The zero-order chi connectivity index (χ0) is 13.1. The second-order valence-corrected chi connectivity index (χ2v) is 4.81. The third kappa shape index (κ3) is 2.73. The first kappa shape index (κ1) is 12.7. The lowest BCUT2D eigenvalue weighted by Crippen LogP contribution is -2.27. The van der Waals surface area contributed by atoms with Crippen molar-refractivity contribution in [1.29, 1.82) is 0 Å². The van der Waals surface area contributed by atoms with Gasteiger partial charge < -0.3 is 5.32 Å². The maximum atomic E-state index is 13.4. The molecule has 2 aromatic rings. The van der Waals surface area contributed by atoms with Gasteiger partial charge in [-0.2, -0.15) is 0 Å². The van der Waals surface area contributed by atoms with Gasteiger partial charge in [0.25, 0.3) is 5.91 Å². The SMILES string of the molecule is C[C@H](NC(=O)c1ccc(F)cc1F)c1cccs1. The predicted molar refractivity (Wildman–Crippen MR) is 66.6 cm³/mol. The Labute approximate surface area is 107 Å². The van der Waals surface area contributed by atoms with Crippen molar-refractivity contribution in [2.24, 2.45) is 0 Å². The van der Waals surface area contributed by atoms with E-state index in [1.165, 1.54) is 11.3 Å². The molecule has 0 radical (unpaired) electrons. The van der Waals surface area contributed by atoms with Crippen LogP contribution in [0.3, 0.4) is 0 Å². The van der Waals surface area contributed by atoms with Crippen molar-refractivity contribution in [2.75, 3.05) is 0 Å². The van der Waals surface area contributed by atoms with Crippen LogP contribution in [0.4, 0.5) is 8.78 Å². The van der Waals surface area contributed by atoms with E-state index < -0.39 is 17.5 Å². The largest absolute Gasteiger partial charge is 0.345 e. The summed E-state index contributed by atoms with van der Waals surface area (Å²) in [6.07, 6.45) is 0. The zero-order valence-electron chi connectivity index (χ0n) is 9.61. The van der Waals surface area contributed by atoms with E-state index in [1.807, 2.05) is 24.4 Å². The molecule has 0 aliphatic heterocycles. The van der Waals surface area contributed by atoms with Crippen LogP contribution in [0.2, 0.25) is 0 Å². The molecule has 1 amide bonds. The van der Waals surface area contributed by atoms with Crippen LogP contribution >= 0.6 is 11.3 Å². The molecule has 2 rings (SSSR count). The van der Waals surface area contributed by atoms with Gasteiger partial charge >= 0.3 is 0 Å². The Kier molecular flexibility index (Phi) is 3.72. The molecule has 0 aliphatic rings. The summed E-state index contributed by atoms with van der Waals surface area (Å²) in [6.45, 7) is 1.81. The van der Waals surface area contributed by atoms with E-state index in [0.717, 1.165) is 17.0 Å². The molecule has 1 N–H and O–H groups in total. The topological polar surface area (TPSA) is 29.1 Å². The monoisotopic (exact) mass is 267 g/mol. The van der Waals surface area contributed by atoms with Gasteiger partial charge in [-0.3, -0.25) is 4.79 Å². The predicted octanol–water partition coefficient (Wildman–Crippen LogP) is 3.52. The number of rotatable bonds is 3. The molecule has 0 aliphatic carbocycles. The second-order valence-electron chi connectivity index (χ2n) is 3.83. The quantitative estimate of drug-likeness (QED) is 0.905. The van der Waals surface area contributed by atoms with E-state index in [2.05, 4.69) is 5.32 Å². The van der Waals surface area contributed by atoms with Crippen molar-refractivity contribution in [3.8, 4) is 0 Å². The van der Waals surface area contributed by atoms with Gasteiger partial charge in [-0.15, -0.1) is 11.3 Å². The maximum absolute atomic E-state index is 13.4. The van der Waals surface area contributed by atoms with Crippen LogP contribution in [-0.2, 0) is 0 Å². The molecule has 0 saturated heterocycles. The number of hydrogen-bond acceptors (Lipinski definition) is 2. The molecule has 5 heteroatoms. The van der Waals surface area contributed by atoms with Crippen molar-refractivity contribution in [3.05, 3.63) is 57.8 Å². The minimum Gasteiger partial charge on any atom is -0.345 e. The van der Waals surface area contributed by atoms with Gasteiger partial charge in [0.15, 0.2) is 0 Å². The smallest absolute Gasteiger partial charge is 0.254 e. The number of nitrogens with one attached hydrogen (secondary N) is 1. The second kappa shape index (κ2) is 5.27. The summed E-state index contributed by atoms with van der Waals surface area (Å²) in [4.78, 5) is 12.8. The van der Waals surface area contributed by atoms with Crippen LogP contribution in [0.15, 0.2) is 35.7 Å². The number of thiophene rings is 1. The molecule has 0 spiro atoms. The Bertz CT molecular complexity index is 554. The Morgan fingerprint density at radius 1 is 1.33 bits per heavy atom. The van der Waals surface area contributed by atoms with Gasteiger partial charge in [0.05, 0.1) is 11.6 Å². The maximum Gasteiger partial charge on any atom is 0.254 e. The standard InChI is InChI=1S/C13H11F2NOS/c1-8(12-3-2-6-18-12)16-13(17)10-5-4-9(14)7-11(10)15/h2-8H,1H3,(H,16,17)/t8-/m0/s1. The summed E-state index contributed by atoms with van der Waals surface area (Å²) < 4.78 is 26.1. The van der Waals surface area contributed by atoms with E-state index in [4.69, 9.17) is 0 Å². The summed E-state index contributed by atoms with van der Waals surface area (Å²) in [7, 11) is 0. The normalized spacial score (nSPS) is 12.2. The summed E-state index contributed by atoms with van der Waals surface area (Å²) in [6, 6.07) is 6.46. The lowest BCUT2D eigenvalue weighted by atomic mass is 10.1. The minimum absolute atomic E-state index is 0.153. The highest BCUT2D eigenvalue weighted by Gasteiger charge is 2.15. The van der Waals surface area contributed by atoms with Gasteiger partial charge in [-0.1, -0.05) is 6.07 Å². The molecule has 18 heavy (non-hydrogen) atoms. The first-order valence-corrected chi connectivity index (χ1v) is 6.25. The molecular formula is C13H11F2NOS. The van der Waals surface area contributed by atoms with E-state index in [-0.39, 0.29) is 11.6 Å². The van der Waals surface area contributed by atoms with E-state index in [1.54, 1.807) is 0 Å². The third-order valence-corrected chi connectivity index (χ3v) is 3.55. The fourth-order valence-electron chi connectivity index (χ4n) is 1.56. The average Bonchev–Trinajstić information content (AvgIpc) is 2.81. The fraction of sp³-hybridized carbons (Fsp3) is 0.154. The summed E-state index contributed by atoms with van der Waals surface area (Å²) in [5, 5.41) is 4.57. The fourth-order valence-corrected chi connectivity index (χ4v) is 2.29. The van der Waals surface area contributed by atoms with Crippen LogP contribution < -0.4 is 5.32 Å². The zero-order valence-corrected chi connectivity index (χ0v) is 10.4. The number of hydrogen-bond donors (Lipinski definition) is 1. The molecule has 1 atom stereocenters. The average molecular weight is 267 g/mol. The van der Waals surface area contributed by atoms with Crippen molar-refractivity contribution in [3.63, 3.8) is 0 Å². The first-order chi connectivity index (χ1) is 8.58. The van der Waals surface area contributed by atoms with Crippen molar-refractivity contribution in [1.82, 2.24) is 5.32 Å². The molecule has 1 heterocycles. The van der Waals surface area contributed by atoms with Gasteiger partial charge in [-0.25, -0.2) is 8.78 Å². The molecule has 0 saturated carbocycles. The number of amides is 1. The molecule has 0 unspecified atom stereocenters. The van der Waals surface area contributed by atoms with E-state index >= 15 is 0 Å². The molecule has 1 aromatic heterocycles. The van der Waals surface area contributed by atoms with Crippen LogP contribution in [0.25, 0.3) is 0 Å². The van der Waals surface area contributed by atoms with Crippen LogP contribution in [-0.4, -0.2) is 5.91 Å². The van der Waals surface area contributed by atoms with Crippen molar-refractivity contribution < 1.29 is 13.6 Å². The van der Waals surface area contributed by atoms with Crippen LogP contribution in [0.5, 0.6) is 0 Å². The van der Waals surface area contributed by atoms with Gasteiger partial charge in [0, 0.05) is 10.9 Å². The Balaban J connectivity index is 2.12. The molecule has 94 valence electrons. The van der Waals surface area contributed by atoms with Gasteiger partial charge in [0.1, 0.15) is 11.6 Å². The van der Waals surface area contributed by atoms with Crippen LogP contribution in [0, 0.1) is 11.6 Å². The lowest BCUT2D eigenvalue weighted by molar-refractivity contribution is 0.0936. The Morgan fingerprint density at radius 2 is 2.11 bits per heavy atom. The van der Waals surface area contributed by atoms with Crippen molar-refractivity contribution in [2.45, 2.75) is 13.0 Å².